The van der Waals surface area contributed by atoms with E-state index < -0.39 is 0 Å². The second-order valence-electron chi connectivity index (χ2n) is 4.02. The molecule has 2 atom stereocenters. The van der Waals surface area contributed by atoms with Gasteiger partial charge >= 0.3 is 0 Å². The molecule has 0 aliphatic heterocycles. The highest BCUT2D eigenvalue weighted by molar-refractivity contribution is 5.30. The zero-order valence-electron chi connectivity index (χ0n) is 10.5. The molecule has 1 N–H and O–H groups in total. The second kappa shape index (κ2) is 6.51. The van der Waals surface area contributed by atoms with E-state index in [2.05, 4.69) is 31.3 Å². The summed E-state index contributed by atoms with van der Waals surface area (Å²) in [5.41, 5.74) is 1.22. The summed E-state index contributed by atoms with van der Waals surface area (Å²) >= 11 is 0. The highest BCUT2D eigenvalue weighted by Crippen LogP contribution is 2.18. The zero-order chi connectivity index (χ0) is 12.0. The van der Waals surface area contributed by atoms with Crippen LogP contribution in [0.15, 0.2) is 24.3 Å². The maximum Gasteiger partial charge on any atom is 0.119 e. The summed E-state index contributed by atoms with van der Waals surface area (Å²) in [4.78, 5) is 0. The average Bonchev–Trinajstić information content (AvgIpc) is 2.29. The summed E-state index contributed by atoms with van der Waals surface area (Å²) < 4.78 is 10.3. The number of hydrogen-bond acceptors (Lipinski definition) is 3. The van der Waals surface area contributed by atoms with Gasteiger partial charge in [0.15, 0.2) is 0 Å². The molecule has 0 aliphatic rings. The van der Waals surface area contributed by atoms with Gasteiger partial charge in [0.05, 0.1) is 13.7 Å². The van der Waals surface area contributed by atoms with Gasteiger partial charge in [-0.25, -0.2) is 0 Å². The van der Waals surface area contributed by atoms with Crippen molar-refractivity contribution in [3.8, 4) is 5.75 Å². The lowest BCUT2D eigenvalue weighted by atomic mass is 10.1. The van der Waals surface area contributed by atoms with E-state index in [9.17, 15) is 0 Å². The van der Waals surface area contributed by atoms with Gasteiger partial charge in [0.2, 0.25) is 0 Å². The molecule has 3 heteroatoms. The van der Waals surface area contributed by atoms with Gasteiger partial charge in [-0.15, -0.1) is 0 Å². The number of methoxy groups -OCH3 is 2. The lowest BCUT2D eigenvalue weighted by molar-refractivity contribution is 0.167. The topological polar surface area (TPSA) is 30.5 Å². The molecule has 1 aromatic carbocycles. The van der Waals surface area contributed by atoms with E-state index in [0.29, 0.717) is 18.7 Å². The van der Waals surface area contributed by atoms with Crippen molar-refractivity contribution in [3.05, 3.63) is 29.8 Å². The minimum absolute atomic E-state index is 0.292. The largest absolute Gasteiger partial charge is 0.497 e. The fourth-order valence-electron chi connectivity index (χ4n) is 1.73. The van der Waals surface area contributed by atoms with Gasteiger partial charge in [-0.2, -0.15) is 0 Å². The first kappa shape index (κ1) is 13.0. The van der Waals surface area contributed by atoms with Gasteiger partial charge in [-0.3, -0.25) is 0 Å². The third-order valence-electron chi connectivity index (χ3n) is 2.54. The van der Waals surface area contributed by atoms with E-state index in [1.165, 1.54) is 5.56 Å². The third-order valence-corrected chi connectivity index (χ3v) is 2.54. The zero-order valence-corrected chi connectivity index (χ0v) is 10.5. The lowest BCUT2D eigenvalue weighted by Crippen LogP contribution is -2.32. The van der Waals surface area contributed by atoms with Crippen LogP contribution in [0.4, 0.5) is 0 Å². The van der Waals surface area contributed by atoms with Gasteiger partial charge in [-0.1, -0.05) is 12.1 Å². The predicted molar refractivity (Wildman–Crippen MR) is 65.9 cm³/mol. The Labute approximate surface area is 97.8 Å². The van der Waals surface area contributed by atoms with E-state index in [1.54, 1.807) is 14.2 Å². The van der Waals surface area contributed by atoms with Gasteiger partial charge < -0.3 is 14.8 Å². The summed E-state index contributed by atoms with van der Waals surface area (Å²) in [7, 11) is 3.40. The molecule has 0 radical (unpaired) electrons. The van der Waals surface area contributed by atoms with Gasteiger partial charge in [0.1, 0.15) is 5.75 Å². The van der Waals surface area contributed by atoms with Gasteiger partial charge in [-0.05, 0) is 31.5 Å². The summed E-state index contributed by atoms with van der Waals surface area (Å²) in [6.07, 6.45) is 0. The molecule has 0 spiro atoms. The average molecular weight is 223 g/mol. The third kappa shape index (κ3) is 3.83. The van der Waals surface area contributed by atoms with Crippen LogP contribution in [0.25, 0.3) is 0 Å². The standard InChI is InChI=1S/C13H21NO2/c1-10(9-15-3)14-11(2)12-6-5-7-13(8-12)16-4/h5-8,10-11,14H,9H2,1-4H3/t10?,11-/m0/s1. The van der Waals surface area contributed by atoms with Crippen LogP contribution in [0.5, 0.6) is 5.75 Å². The number of nitrogens with one attached hydrogen (secondary N) is 1. The molecule has 1 rings (SSSR count). The first-order chi connectivity index (χ1) is 7.67. The van der Waals surface area contributed by atoms with Crippen LogP contribution < -0.4 is 10.1 Å². The van der Waals surface area contributed by atoms with Crippen molar-refractivity contribution in [2.45, 2.75) is 25.9 Å². The summed E-state index contributed by atoms with van der Waals surface area (Å²) in [6.45, 7) is 4.97. The predicted octanol–water partition coefficient (Wildman–Crippen LogP) is 2.38. The van der Waals surface area contributed by atoms with Crippen molar-refractivity contribution in [1.82, 2.24) is 5.32 Å². The molecule has 1 aromatic rings. The number of benzene rings is 1. The fourth-order valence-corrected chi connectivity index (χ4v) is 1.73. The smallest absolute Gasteiger partial charge is 0.119 e. The molecule has 0 bridgehead atoms. The SMILES string of the molecule is COCC(C)N[C@@H](C)c1cccc(OC)c1. The highest BCUT2D eigenvalue weighted by Gasteiger charge is 2.09. The fraction of sp³-hybridized carbons (Fsp3) is 0.538. The van der Waals surface area contributed by atoms with Crippen molar-refractivity contribution in [1.29, 1.82) is 0 Å². The highest BCUT2D eigenvalue weighted by atomic mass is 16.5. The van der Waals surface area contributed by atoms with Crippen LogP contribution in [-0.2, 0) is 4.74 Å². The van der Waals surface area contributed by atoms with Crippen molar-refractivity contribution >= 4 is 0 Å². The van der Waals surface area contributed by atoms with Gasteiger partial charge in [0, 0.05) is 19.2 Å². The van der Waals surface area contributed by atoms with Crippen molar-refractivity contribution in [2.75, 3.05) is 20.8 Å². The molecule has 0 saturated carbocycles. The Hall–Kier alpha value is -1.06. The molecule has 3 nitrogen and oxygen atoms in total. The molecular formula is C13H21NO2. The quantitative estimate of drug-likeness (QED) is 0.803. The Morgan fingerprint density at radius 2 is 2.00 bits per heavy atom. The van der Waals surface area contributed by atoms with E-state index in [0.717, 1.165) is 5.75 Å². The molecule has 0 amide bonds. The Morgan fingerprint density at radius 1 is 1.25 bits per heavy atom. The first-order valence-corrected chi connectivity index (χ1v) is 5.56. The van der Waals surface area contributed by atoms with Crippen LogP contribution in [0.2, 0.25) is 0 Å². The number of hydrogen-bond donors (Lipinski definition) is 1. The molecule has 0 heterocycles. The van der Waals surface area contributed by atoms with Crippen LogP contribution in [0.1, 0.15) is 25.5 Å². The molecular weight excluding hydrogens is 202 g/mol. The van der Waals surface area contributed by atoms with Crippen LogP contribution >= 0.6 is 0 Å². The van der Waals surface area contributed by atoms with E-state index >= 15 is 0 Å². The molecule has 16 heavy (non-hydrogen) atoms. The van der Waals surface area contributed by atoms with E-state index in [4.69, 9.17) is 9.47 Å². The summed E-state index contributed by atoms with van der Waals surface area (Å²) in [6, 6.07) is 8.74. The number of ether oxygens (including phenoxy) is 2. The molecule has 1 unspecified atom stereocenters. The molecule has 0 saturated heterocycles. The van der Waals surface area contributed by atoms with Crippen LogP contribution in [0.3, 0.4) is 0 Å². The number of rotatable bonds is 6. The minimum atomic E-state index is 0.292. The van der Waals surface area contributed by atoms with Crippen LogP contribution in [0, 0.1) is 0 Å². The van der Waals surface area contributed by atoms with Crippen molar-refractivity contribution in [2.24, 2.45) is 0 Å². The Morgan fingerprint density at radius 3 is 2.62 bits per heavy atom. The normalized spacial score (nSPS) is 14.5. The van der Waals surface area contributed by atoms with E-state index in [1.807, 2.05) is 12.1 Å². The molecule has 0 fully saturated rings. The Balaban J connectivity index is 2.61. The summed E-state index contributed by atoms with van der Waals surface area (Å²) in [5, 5.41) is 3.47. The maximum absolute atomic E-state index is 5.21. The monoisotopic (exact) mass is 223 g/mol. The van der Waals surface area contributed by atoms with Gasteiger partial charge in [0.25, 0.3) is 0 Å². The Bertz CT molecular complexity index is 315. The molecule has 0 aliphatic carbocycles. The first-order valence-electron chi connectivity index (χ1n) is 5.56. The van der Waals surface area contributed by atoms with Crippen molar-refractivity contribution < 1.29 is 9.47 Å². The second-order valence-corrected chi connectivity index (χ2v) is 4.02. The lowest BCUT2D eigenvalue weighted by Gasteiger charge is -2.20. The van der Waals surface area contributed by atoms with Crippen molar-refractivity contribution in [3.63, 3.8) is 0 Å². The molecule has 0 aromatic heterocycles. The van der Waals surface area contributed by atoms with E-state index in [-0.39, 0.29) is 0 Å². The maximum atomic E-state index is 5.21. The Kier molecular flexibility index (Phi) is 5.29. The molecule has 90 valence electrons. The minimum Gasteiger partial charge on any atom is -0.497 e. The van der Waals surface area contributed by atoms with Crippen LogP contribution in [-0.4, -0.2) is 26.9 Å². The summed E-state index contributed by atoms with van der Waals surface area (Å²) in [5.74, 6) is 0.894.